The Morgan fingerprint density at radius 2 is 1.83 bits per heavy atom. The Morgan fingerprint density at radius 3 is 2.57 bits per heavy atom. The van der Waals surface area contributed by atoms with Gasteiger partial charge in [-0.05, 0) is 48.4 Å². The van der Waals surface area contributed by atoms with Crippen molar-refractivity contribution in [2.24, 2.45) is 0 Å². The van der Waals surface area contributed by atoms with Gasteiger partial charge < -0.3 is 14.4 Å². The van der Waals surface area contributed by atoms with Crippen molar-refractivity contribution in [1.29, 1.82) is 0 Å². The van der Waals surface area contributed by atoms with E-state index < -0.39 is 10.0 Å². The number of anilines is 1. The summed E-state index contributed by atoms with van der Waals surface area (Å²) >= 11 is 0. The molecule has 4 aromatic rings. The third-order valence-corrected chi connectivity index (χ3v) is 9.26. The minimum Gasteiger partial charge on any atom is -0.497 e. The van der Waals surface area contributed by atoms with Crippen LogP contribution < -0.4 is 9.64 Å². The summed E-state index contributed by atoms with van der Waals surface area (Å²) in [6.07, 6.45) is 2.41. The standard InChI is InChI=1S/C31H32N4O6S/c1-22-10-11-26(18-29(22)42(38,39)35-12-14-41-15-13-35)33(2)31(37)28-20-34(19-23-6-5-9-27(17-23)40-3)32-30(28)25-8-4-7-24(16-25)21-36/h4-11,16-18,20-21H,12-15,19H2,1-3H3. The number of amides is 1. The molecule has 0 unspecified atom stereocenters. The van der Waals surface area contributed by atoms with Gasteiger partial charge in [-0.2, -0.15) is 9.40 Å². The molecule has 0 aliphatic carbocycles. The maximum Gasteiger partial charge on any atom is 0.261 e. The monoisotopic (exact) mass is 588 g/mol. The zero-order chi connectivity index (χ0) is 29.9. The van der Waals surface area contributed by atoms with Crippen molar-refractivity contribution in [3.05, 3.63) is 95.2 Å². The first-order valence-electron chi connectivity index (χ1n) is 13.4. The number of hydrogen-bond donors (Lipinski definition) is 0. The topological polar surface area (TPSA) is 111 Å². The van der Waals surface area contributed by atoms with Gasteiger partial charge in [0.05, 0.1) is 37.3 Å². The van der Waals surface area contributed by atoms with Gasteiger partial charge in [-0.25, -0.2) is 8.42 Å². The Labute approximate surface area is 245 Å². The summed E-state index contributed by atoms with van der Waals surface area (Å²) in [5, 5.41) is 4.73. The van der Waals surface area contributed by atoms with E-state index in [0.29, 0.717) is 59.1 Å². The molecule has 11 heteroatoms. The molecule has 0 radical (unpaired) electrons. The summed E-state index contributed by atoms with van der Waals surface area (Å²) in [5.41, 5.74) is 3.72. The van der Waals surface area contributed by atoms with Crippen LogP contribution in [0.2, 0.25) is 0 Å². The Balaban J connectivity index is 1.52. The highest BCUT2D eigenvalue weighted by Gasteiger charge is 2.29. The van der Waals surface area contributed by atoms with E-state index in [1.165, 1.54) is 15.3 Å². The molecule has 0 saturated carbocycles. The number of methoxy groups -OCH3 is 1. The molecule has 1 aliphatic rings. The van der Waals surface area contributed by atoms with Gasteiger partial charge in [0.1, 0.15) is 17.7 Å². The molecular weight excluding hydrogens is 556 g/mol. The molecule has 0 atom stereocenters. The highest BCUT2D eigenvalue weighted by atomic mass is 32.2. The average molecular weight is 589 g/mol. The van der Waals surface area contributed by atoms with Gasteiger partial charge in [-0.3, -0.25) is 14.3 Å². The second-order valence-electron chi connectivity index (χ2n) is 10.0. The van der Waals surface area contributed by atoms with E-state index in [0.717, 1.165) is 11.8 Å². The van der Waals surface area contributed by atoms with Crippen LogP contribution in [-0.4, -0.2) is 75.2 Å². The quantitative estimate of drug-likeness (QED) is 0.272. The first kappa shape index (κ1) is 29.2. The first-order chi connectivity index (χ1) is 20.2. The molecule has 218 valence electrons. The molecule has 0 bridgehead atoms. The number of benzene rings is 3. The predicted octanol–water partition coefficient (Wildman–Crippen LogP) is 4.03. The third-order valence-electron chi connectivity index (χ3n) is 7.22. The molecule has 5 rings (SSSR count). The van der Waals surface area contributed by atoms with Gasteiger partial charge in [0, 0.05) is 43.1 Å². The van der Waals surface area contributed by atoms with Gasteiger partial charge in [0.2, 0.25) is 10.0 Å². The highest BCUT2D eigenvalue weighted by Crippen LogP contribution is 2.29. The van der Waals surface area contributed by atoms with Crippen molar-refractivity contribution in [3.63, 3.8) is 0 Å². The van der Waals surface area contributed by atoms with Gasteiger partial charge in [-0.15, -0.1) is 0 Å². The number of sulfonamides is 1. The van der Waals surface area contributed by atoms with Crippen LogP contribution in [0.1, 0.15) is 31.8 Å². The summed E-state index contributed by atoms with van der Waals surface area (Å²) < 4.78 is 40.7. The molecular formula is C31H32N4O6S. The minimum absolute atomic E-state index is 0.147. The molecule has 3 aromatic carbocycles. The van der Waals surface area contributed by atoms with E-state index in [9.17, 15) is 18.0 Å². The second kappa shape index (κ2) is 12.3. The van der Waals surface area contributed by atoms with Gasteiger partial charge in [0.15, 0.2) is 0 Å². The zero-order valence-corrected chi connectivity index (χ0v) is 24.5. The lowest BCUT2D eigenvalue weighted by Crippen LogP contribution is -2.40. The van der Waals surface area contributed by atoms with Crippen molar-refractivity contribution in [2.75, 3.05) is 45.4 Å². The van der Waals surface area contributed by atoms with Gasteiger partial charge in [-0.1, -0.05) is 36.4 Å². The number of hydrogen-bond acceptors (Lipinski definition) is 7. The average Bonchev–Trinajstić information content (AvgIpc) is 3.44. The summed E-state index contributed by atoms with van der Waals surface area (Å²) in [6.45, 7) is 3.34. The number of aromatic nitrogens is 2. The molecule has 1 amide bonds. The van der Waals surface area contributed by atoms with E-state index >= 15 is 0 Å². The smallest absolute Gasteiger partial charge is 0.261 e. The maximum absolute atomic E-state index is 14.0. The van der Waals surface area contributed by atoms with Crippen molar-refractivity contribution in [1.82, 2.24) is 14.1 Å². The van der Waals surface area contributed by atoms with Crippen molar-refractivity contribution >= 4 is 27.9 Å². The fourth-order valence-corrected chi connectivity index (χ4v) is 6.54. The van der Waals surface area contributed by atoms with Crippen LogP contribution in [-0.2, 0) is 21.3 Å². The van der Waals surface area contributed by atoms with Crippen LogP contribution in [0.3, 0.4) is 0 Å². The Bertz CT molecular complexity index is 1730. The fourth-order valence-electron chi connectivity index (χ4n) is 4.89. The van der Waals surface area contributed by atoms with E-state index in [1.807, 2.05) is 24.3 Å². The molecule has 1 saturated heterocycles. The van der Waals surface area contributed by atoms with Crippen molar-refractivity contribution in [3.8, 4) is 17.0 Å². The summed E-state index contributed by atoms with van der Waals surface area (Å²) in [6, 6.07) is 19.4. The van der Waals surface area contributed by atoms with Crippen LogP contribution in [0.5, 0.6) is 5.75 Å². The predicted molar refractivity (Wildman–Crippen MR) is 159 cm³/mol. The third kappa shape index (κ3) is 5.98. The zero-order valence-electron chi connectivity index (χ0n) is 23.7. The van der Waals surface area contributed by atoms with Gasteiger partial charge >= 0.3 is 0 Å². The lowest BCUT2D eigenvalue weighted by atomic mass is 10.0. The SMILES string of the molecule is COc1cccc(Cn2cc(C(=O)N(C)c3ccc(C)c(S(=O)(=O)N4CCOCC4)c3)c(-c3cccc(C=O)c3)n2)c1. The number of carbonyl (C=O) groups is 2. The lowest BCUT2D eigenvalue weighted by Gasteiger charge is -2.27. The second-order valence-corrected chi connectivity index (χ2v) is 11.9. The summed E-state index contributed by atoms with van der Waals surface area (Å²) in [5.74, 6) is 0.328. The van der Waals surface area contributed by atoms with E-state index in [1.54, 1.807) is 68.4 Å². The van der Waals surface area contributed by atoms with Crippen LogP contribution >= 0.6 is 0 Å². The first-order valence-corrected chi connectivity index (χ1v) is 14.9. The van der Waals surface area contributed by atoms with Crippen LogP contribution in [0, 0.1) is 6.92 Å². The van der Waals surface area contributed by atoms with Crippen LogP contribution in [0.15, 0.2) is 77.8 Å². The van der Waals surface area contributed by atoms with E-state index in [2.05, 4.69) is 0 Å². The number of aldehydes is 1. The molecule has 1 aliphatic heterocycles. The molecule has 0 N–H and O–H groups in total. The lowest BCUT2D eigenvalue weighted by molar-refractivity contribution is 0.0730. The Hall–Kier alpha value is -4.32. The van der Waals surface area contributed by atoms with E-state index in [-0.39, 0.29) is 23.9 Å². The molecule has 42 heavy (non-hydrogen) atoms. The molecule has 1 aromatic heterocycles. The van der Waals surface area contributed by atoms with Crippen LogP contribution in [0.25, 0.3) is 11.3 Å². The number of nitrogens with zero attached hydrogens (tertiary/aromatic N) is 4. The maximum atomic E-state index is 14.0. The molecule has 1 fully saturated rings. The molecule has 0 spiro atoms. The molecule has 10 nitrogen and oxygen atoms in total. The number of rotatable bonds is 9. The molecule has 2 heterocycles. The summed E-state index contributed by atoms with van der Waals surface area (Å²) in [4.78, 5) is 27.1. The van der Waals surface area contributed by atoms with Crippen LogP contribution in [0.4, 0.5) is 5.69 Å². The number of carbonyl (C=O) groups excluding carboxylic acids is 2. The van der Waals surface area contributed by atoms with Crippen molar-refractivity contribution < 1.29 is 27.5 Å². The fraction of sp³-hybridized carbons (Fsp3) is 0.258. The normalized spacial score (nSPS) is 14.0. The number of ether oxygens (including phenoxy) is 2. The van der Waals surface area contributed by atoms with Gasteiger partial charge in [0.25, 0.3) is 5.91 Å². The Kier molecular flexibility index (Phi) is 8.53. The highest BCUT2D eigenvalue weighted by molar-refractivity contribution is 7.89. The largest absolute Gasteiger partial charge is 0.497 e. The number of morpholine rings is 1. The van der Waals surface area contributed by atoms with Crippen molar-refractivity contribution in [2.45, 2.75) is 18.4 Å². The summed E-state index contributed by atoms with van der Waals surface area (Å²) in [7, 11) is -0.581. The minimum atomic E-state index is -3.78. The number of aryl methyl sites for hydroxylation is 1. The Morgan fingerprint density at radius 1 is 1.07 bits per heavy atom. The van der Waals surface area contributed by atoms with E-state index in [4.69, 9.17) is 14.6 Å².